The van der Waals surface area contributed by atoms with E-state index in [1.807, 2.05) is 29.8 Å². The molecule has 2 aromatic rings. The Morgan fingerprint density at radius 3 is 3.00 bits per heavy atom. The largest absolute Gasteiger partial charge is 0.383 e. The molecule has 0 bridgehead atoms. The third-order valence-corrected chi connectivity index (χ3v) is 4.39. The van der Waals surface area contributed by atoms with E-state index in [4.69, 9.17) is 16.3 Å². The van der Waals surface area contributed by atoms with Gasteiger partial charge < -0.3 is 10.1 Å². The molecule has 0 aliphatic rings. The molecule has 2 rings (SSSR count). The van der Waals surface area contributed by atoms with Crippen molar-refractivity contribution in [1.29, 1.82) is 0 Å². The Kier molecular flexibility index (Phi) is 5.78. The van der Waals surface area contributed by atoms with Crippen molar-refractivity contribution in [3.63, 3.8) is 0 Å². The number of hydrogen-bond donors (Lipinski definition) is 1. The van der Waals surface area contributed by atoms with Crippen LogP contribution in [-0.4, -0.2) is 25.2 Å². The maximum absolute atomic E-state index is 5.99. The molecule has 1 N–H and O–H groups in total. The Bertz CT molecular complexity index is 521. The number of nitrogens with zero attached hydrogens (tertiary/aromatic N) is 1. The van der Waals surface area contributed by atoms with E-state index in [1.54, 1.807) is 18.4 Å². The predicted octanol–water partition coefficient (Wildman–Crippen LogP) is 3.88. The third-order valence-electron chi connectivity index (χ3n) is 2.63. The molecule has 0 aliphatic carbocycles. The van der Waals surface area contributed by atoms with Gasteiger partial charge in [-0.1, -0.05) is 33.6 Å². The van der Waals surface area contributed by atoms with Crippen LogP contribution in [0.25, 0.3) is 0 Å². The molecule has 0 aliphatic heterocycles. The maximum Gasteiger partial charge on any atom is 0.114 e. The molecule has 1 atom stereocenters. The first kappa shape index (κ1) is 14.9. The summed E-state index contributed by atoms with van der Waals surface area (Å²) < 4.78 is 6.06. The summed E-state index contributed by atoms with van der Waals surface area (Å²) in [6, 6.07) is 5.84. The topological polar surface area (TPSA) is 34.1 Å². The van der Waals surface area contributed by atoms with E-state index >= 15 is 0 Å². The SMILES string of the molecule is COCCNC(c1nccs1)c1ccc(Cl)cc1Br. The summed E-state index contributed by atoms with van der Waals surface area (Å²) in [7, 11) is 1.69. The molecule has 0 amide bonds. The Morgan fingerprint density at radius 1 is 1.53 bits per heavy atom. The zero-order valence-electron chi connectivity index (χ0n) is 10.4. The number of ether oxygens (including phenoxy) is 1. The van der Waals surface area contributed by atoms with Crippen molar-refractivity contribution in [1.82, 2.24) is 10.3 Å². The van der Waals surface area contributed by atoms with E-state index in [1.165, 1.54) is 0 Å². The molecular weight excluding hydrogens is 348 g/mol. The lowest BCUT2D eigenvalue weighted by Crippen LogP contribution is -2.26. The molecule has 0 fully saturated rings. The van der Waals surface area contributed by atoms with Gasteiger partial charge in [0.15, 0.2) is 0 Å². The molecule has 1 unspecified atom stereocenters. The molecule has 19 heavy (non-hydrogen) atoms. The van der Waals surface area contributed by atoms with Crippen LogP contribution in [0, 0.1) is 0 Å². The Labute approximate surface area is 130 Å². The summed E-state index contributed by atoms with van der Waals surface area (Å²) in [6.07, 6.45) is 1.81. The minimum atomic E-state index is 0.0433. The van der Waals surface area contributed by atoms with Crippen LogP contribution in [0.4, 0.5) is 0 Å². The third kappa shape index (κ3) is 4.00. The van der Waals surface area contributed by atoms with E-state index < -0.39 is 0 Å². The molecule has 1 heterocycles. The summed E-state index contributed by atoms with van der Waals surface area (Å²) >= 11 is 11.2. The number of hydrogen-bond acceptors (Lipinski definition) is 4. The van der Waals surface area contributed by atoms with Crippen LogP contribution < -0.4 is 5.32 Å². The Morgan fingerprint density at radius 2 is 2.37 bits per heavy atom. The fraction of sp³-hybridized carbons (Fsp3) is 0.308. The quantitative estimate of drug-likeness (QED) is 0.793. The molecule has 0 saturated heterocycles. The predicted molar refractivity (Wildman–Crippen MR) is 83.0 cm³/mol. The van der Waals surface area contributed by atoms with Crippen LogP contribution in [0.15, 0.2) is 34.2 Å². The standard InChI is InChI=1S/C13H14BrClN2OS/c1-18-6-4-16-12(13-17-5-7-19-13)10-3-2-9(15)8-11(10)14/h2-3,5,7-8,12,16H,4,6H2,1H3. The van der Waals surface area contributed by atoms with E-state index in [0.29, 0.717) is 11.6 Å². The average Bonchev–Trinajstić information content (AvgIpc) is 2.89. The van der Waals surface area contributed by atoms with Crippen molar-refractivity contribution in [3.8, 4) is 0 Å². The van der Waals surface area contributed by atoms with Crippen molar-refractivity contribution in [2.45, 2.75) is 6.04 Å². The molecule has 0 saturated carbocycles. The summed E-state index contributed by atoms with van der Waals surface area (Å²) in [6.45, 7) is 1.42. The molecule has 0 spiro atoms. The van der Waals surface area contributed by atoms with E-state index in [9.17, 15) is 0 Å². The number of thiazole rings is 1. The number of methoxy groups -OCH3 is 1. The Hall–Kier alpha value is -0.460. The summed E-state index contributed by atoms with van der Waals surface area (Å²) in [5, 5.41) is 7.17. The second-order valence-electron chi connectivity index (χ2n) is 3.92. The lowest BCUT2D eigenvalue weighted by atomic mass is 10.1. The van der Waals surface area contributed by atoms with E-state index in [2.05, 4.69) is 26.2 Å². The van der Waals surface area contributed by atoms with Gasteiger partial charge in [0.25, 0.3) is 0 Å². The first-order valence-corrected chi connectivity index (χ1v) is 7.84. The van der Waals surface area contributed by atoms with Gasteiger partial charge in [-0.15, -0.1) is 11.3 Å². The van der Waals surface area contributed by atoms with Crippen LogP contribution >= 0.6 is 38.9 Å². The second kappa shape index (κ2) is 7.36. The molecule has 0 radical (unpaired) electrons. The lowest BCUT2D eigenvalue weighted by molar-refractivity contribution is 0.197. The number of halogens is 2. The van der Waals surface area contributed by atoms with Crippen molar-refractivity contribution in [2.75, 3.05) is 20.3 Å². The van der Waals surface area contributed by atoms with Gasteiger partial charge in [0.05, 0.1) is 12.6 Å². The van der Waals surface area contributed by atoms with Crippen LogP contribution in [0.2, 0.25) is 5.02 Å². The second-order valence-corrected chi connectivity index (χ2v) is 6.13. The van der Waals surface area contributed by atoms with E-state index in [-0.39, 0.29) is 6.04 Å². The molecular formula is C13H14BrClN2OS. The smallest absolute Gasteiger partial charge is 0.114 e. The highest BCUT2D eigenvalue weighted by molar-refractivity contribution is 9.10. The number of benzene rings is 1. The molecule has 1 aromatic heterocycles. The van der Waals surface area contributed by atoms with Crippen LogP contribution in [0.5, 0.6) is 0 Å². The minimum absolute atomic E-state index is 0.0433. The van der Waals surface area contributed by atoms with Crippen molar-refractivity contribution >= 4 is 38.9 Å². The van der Waals surface area contributed by atoms with E-state index in [0.717, 1.165) is 21.6 Å². The van der Waals surface area contributed by atoms with Crippen molar-refractivity contribution in [2.24, 2.45) is 0 Å². The van der Waals surface area contributed by atoms with Crippen LogP contribution in [-0.2, 0) is 4.74 Å². The van der Waals surface area contributed by atoms with Gasteiger partial charge in [-0.3, -0.25) is 0 Å². The fourth-order valence-electron chi connectivity index (χ4n) is 1.75. The number of nitrogens with one attached hydrogen (secondary N) is 1. The lowest BCUT2D eigenvalue weighted by Gasteiger charge is -2.18. The zero-order valence-corrected chi connectivity index (χ0v) is 13.6. The normalized spacial score (nSPS) is 12.6. The summed E-state index contributed by atoms with van der Waals surface area (Å²) in [4.78, 5) is 4.40. The number of rotatable bonds is 6. The highest BCUT2D eigenvalue weighted by Gasteiger charge is 2.18. The Balaban J connectivity index is 2.26. The highest BCUT2D eigenvalue weighted by atomic mass is 79.9. The first-order chi connectivity index (χ1) is 9.22. The van der Waals surface area contributed by atoms with Crippen LogP contribution in [0.1, 0.15) is 16.6 Å². The zero-order chi connectivity index (χ0) is 13.7. The van der Waals surface area contributed by atoms with Gasteiger partial charge >= 0.3 is 0 Å². The highest BCUT2D eigenvalue weighted by Crippen LogP contribution is 2.31. The minimum Gasteiger partial charge on any atom is -0.383 e. The van der Waals surface area contributed by atoms with Gasteiger partial charge in [0, 0.05) is 34.7 Å². The van der Waals surface area contributed by atoms with Gasteiger partial charge in [-0.2, -0.15) is 0 Å². The molecule has 3 nitrogen and oxygen atoms in total. The monoisotopic (exact) mass is 360 g/mol. The van der Waals surface area contributed by atoms with Gasteiger partial charge in [0.2, 0.25) is 0 Å². The van der Waals surface area contributed by atoms with Gasteiger partial charge in [-0.25, -0.2) is 4.98 Å². The summed E-state index contributed by atoms with van der Waals surface area (Å²) in [5.41, 5.74) is 1.12. The first-order valence-electron chi connectivity index (χ1n) is 5.79. The average molecular weight is 362 g/mol. The van der Waals surface area contributed by atoms with Gasteiger partial charge in [-0.05, 0) is 17.7 Å². The van der Waals surface area contributed by atoms with Gasteiger partial charge in [0.1, 0.15) is 5.01 Å². The number of aromatic nitrogens is 1. The molecule has 102 valence electrons. The maximum atomic E-state index is 5.99. The fourth-order valence-corrected chi connectivity index (χ4v) is 3.39. The van der Waals surface area contributed by atoms with Crippen molar-refractivity contribution in [3.05, 3.63) is 49.8 Å². The summed E-state index contributed by atoms with van der Waals surface area (Å²) in [5.74, 6) is 0. The molecule has 1 aromatic carbocycles. The van der Waals surface area contributed by atoms with Crippen LogP contribution in [0.3, 0.4) is 0 Å². The van der Waals surface area contributed by atoms with Crippen molar-refractivity contribution < 1.29 is 4.74 Å². The molecule has 6 heteroatoms.